The average Bonchev–Trinajstić information content (AvgIpc) is 2.66. The molecule has 0 aromatic carbocycles. The molecule has 2 N–H and O–H groups in total. The molecule has 2 aromatic rings. The number of rotatable bonds is 3. The molecule has 0 unspecified atom stereocenters. The molecule has 0 radical (unpaired) electrons. The molecule has 0 saturated carbocycles. The van der Waals surface area contributed by atoms with Gasteiger partial charge in [0.05, 0.1) is 0 Å². The van der Waals surface area contributed by atoms with Crippen LogP contribution >= 0.6 is 0 Å². The van der Waals surface area contributed by atoms with Crippen LogP contribution in [0.15, 0.2) is 36.5 Å². The zero-order chi connectivity index (χ0) is 10.7. The summed E-state index contributed by atoms with van der Waals surface area (Å²) in [5.74, 6) is 0.962. The first kappa shape index (κ1) is 9.93. The van der Waals surface area contributed by atoms with Crippen LogP contribution in [0.4, 0.5) is 0 Å². The van der Waals surface area contributed by atoms with Crippen LogP contribution in [0.3, 0.4) is 0 Å². The quantitative estimate of drug-likeness (QED) is 0.821. The van der Waals surface area contributed by atoms with E-state index in [2.05, 4.69) is 15.6 Å². The Bertz CT molecular complexity index is 446. The highest BCUT2D eigenvalue weighted by molar-refractivity contribution is 5.29. The normalized spacial score (nSPS) is 10.5. The summed E-state index contributed by atoms with van der Waals surface area (Å²) < 4.78 is 2.08. The predicted molar refractivity (Wildman–Crippen MR) is 61.1 cm³/mol. The predicted octanol–water partition coefficient (Wildman–Crippen LogP) is 1.68. The van der Waals surface area contributed by atoms with Crippen molar-refractivity contribution in [2.75, 3.05) is 6.54 Å². The Kier molecular flexibility index (Phi) is 2.83. The smallest absolute Gasteiger partial charge is 0.137 e. The van der Waals surface area contributed by atoms with Crippen LogP contribution in [0.25, 0.3) is 5.82 Å². The molecule has 3 nitrogen and oxygen atoms in total. The molecule has 0 fully saturated rings. The van der Waals surface area contributed by atoms with E-state index in [0.717, 1.165) is 17.9 Å². The highest BCUT2D eigenvalue weighted by Gasteiger charge is 2.03. The SMILES string of the molecule is Cc1cccc(-n2cccc2CCN)n1. The summed E-state index contributed by atoms with van der Waals surface area (Å²) in [4.78, 5) is 4.48. The molecule has 0 saturated heterocycles. The van der Waals surface area contributed by atoms with Gasteiger partial charge in [-0.1, -0.05) is 6.07 Å². The van der Waals surface area contributed by atoms with Gasteiger partial charge in [0.2, 0.25) is 0 Å². The Morgan fingerprint density at radius 1 is 1.27 bits per heavy atom. The van der Waals surface area contributed by atoms with Crippen LogP contribution in [0.2, 0.25) is 0 Å². The van der Waals surface area contributed by atoms with Crippen molar-refractivity contribution in [1.82, 2.24) is 9.55 Å². The summed E-state index contributed by atoms with van der Waals surface area (Å²) in [6.07, 6.45) is 2.90. The van der Waals surface area contributed by atoms with Gasteiger partial charge in [-0.3, -0.25) is 0 Å². The van der Waals surface area contributed by atoms with Gasteiger partial charge >= 0.3 is 0 Å². The van der Waals surface area contributed by atoms with E-state index in [0.29, 0.717) is 6.54 Å². The zero-order valence-corrected chi connectivity index (χ0v) is 8.85. The van der Waals surface area contributed by atoms with E-state index < -0.39 is 0 Å². The molecule has 2 heterocycles. The van der Waals surface area contributed by atoms with Crippen LogP contribution in [-0.4, -0.2) is 16.1 Å². The fourth-order valence-corrected chi connectivity index (χ4v) is 1.65. The Morgan fingerprint density at radius 2 is 2.13 bits per heavy atom. The van der Waals surface area contributed by atoms with Crippen molar-refractivity contribution in [2.24, 2.45) is 5.73 Å². The van der Waals surface area contributed by atoms with E-state index in [9.17, 15) is 0 Å². The average molecular weight is 201 g/mol. The Labute approximate surface area is 89.6 Å². The van der Waals surface area contributed by atoms with Crippen molar-refractivity contribution in [3.63, 3.8) is 0 Å². The lowest BCUT2D eigenvalue weighted by atomic mass is 10.3. The van der Waals surface area contributed by atoms with Gasteiger partial charge in [-0.25, -0.2) is 4.98 Å². The lowest BCUT2D eigenvalue weighted by Crippen LogP contribution is -2.08. The fourth-order valence-electron chi connectivity index (χ4n) is 1.65. The minimum absolute atomic E-state index is 0.663. The van der Waals surface area contributed by atoms with Gasteiger partial charge in [-0.15, -0.1) is 0 Å². The van der Waals surface area contributed by atoms with Crippen LogP contribution in [0, 0.1) is 6.92 Å². The third kappa shape index (κ3) is 2.07. The lowest BCUT2D eigenvalue weighted by Gasteiger charge is -2.07. The van der Waals surface area contributed by atoms with Crippen molar-refractivity contribution in [3.05, 3.63) is 47.9 Å². The molecule has 3 heteroatoms. The zero-order valence-electron chi connectivity index (χ0n) is 8.85. The Balaban J connectivity index is 2.40. The number of aromatic nitrogens is 2. The maximum Gasteiger partial charge on any atom is 0.137 e. The largest absolute Gasteiger partial charge is 0.330 e. The molecule has 78 valence electrons. The van der Waals surface area contributed by atoms with Crippen LogP contribution < -0.4 is 5.73 Å². The topological polar surface area (TPSA) is 43.8 Å². The van der Waals surface area contributed by atoms with Crippen molar-refractivity contribution in [2.45, 2.75) is 13.3 Å². The van der Waals surface area contributed by atoms with E-state index in [1.165, 1.54) is 5.69 Å². The standard InChI is InChI=1S/C12H15N3/c1-10-4-2-6-12(14-10)15-9-3-5-11(15)7-8-13/h2-6,9H,7-8,13H2,1H3. The van der Waals surface area contributed by atoms with Crippen molar-refractivity contribution in [1.29, 1.82) is 0 Å². The van der Waals surface area contributed by atoms with Gasteiger partial charge in [0.1, 0.15) is 5.82 Å². The number of aryl methyl sites for hydroxylation is 1. The molecule has 0 bridgehead atoms. The van der Waals surface area contributed by atoms with E-state index in [4.69, 9.17) is 5.73 Å². The van der Waals surface area contributed by atoms with Crippen LogP contribution in [0.1, 0.15) is 11.4 Å². The second-order valence-corrected chi connectivity index (χ2v) is 3.55. The summed E-state index contributed by atoms with van der Waals surface area (Å²) in [6.45, 7) is 2.66. The van der Waals surface area contributed by atoms with Crippen molar-refractivity contribution >= 4 is 0 Å². The highest BCUT2D eigenvalue weighted by atomic mass is 15.1. The summed E-state index contributed by atoms with van der Waals surface area (Å²) in [5.41, 5.74) is 7.79. The minimum Gasteiger partial charge on any atom is -0.330 e. The summed E-state index contributed by atoms with van der Waals surface area (Å²) in [7, 11) is 0. The summed E-state index contributed by atoms with van der Waals surface area (Å²) in [6, 6.07) is 10.1. The number of nitrogens with two attached hydrogens (primary N) is 1. The van der Waals surface area contributed by atoms with E-state index in [-0.39, 0.29) is 0 Å². The van der Waals surface area contributed by atoms with Gasteiger partial charge in [-0.05, 0) is 37.7 Å². The third-order valence-electron chi connectivity index (χ3n) is 2.35. The number of hydrogen-bond acceptors (Lipinski definition) is 2. The van der Waals surface area contributed by atoms with E-state index in [1.54, 1.807) is 0 Å². The Hall–Kier alpha value is -1.61. The van der Waals surface area contributed by atoms with Gasteiger partial charge in [0.15, 0.2) is 0 Å². The van der Waals surface area contributed by atoms with E-state index in [1.807, 2.05) is 37.4 Å². The van der Waals surface area contributed by atoms with Crippen LogP contribution in [-0.2, 0) is 6.42 Å². The molecule has 0 amide bonds. The minimum atomic E-state index is 0.663. The highest BCUT2D eigenvalue weighted by Crippen LogP contribution is 2.11. The lowest BCUT2D eigenvalue weighted by molar-refractivity contribution is 0.853. The van der Waals surface area contributed by atoms with Gasteiger partial charge in [0.25, 0.3) is 0 Å². The van der Waals surface area contributed by atoms with Gasteiger partial charge < -0.3 is 10.3 Å². The van der Waals surface area contributed by atoms with Crippen molar-refractivity contribution in [3.8, 4) is 5.82 Å². The fraction of sp³-hybridized carbons (Fsp3) is 0.250. The maximum atomic E-state index is 5.56. The van der Waals surface area contributed by atoms with Crippen molar-refractivity contribution < 1.29 is 0 Å². The first-order valence-corrected chi connectivity index (χ1v) is 5.11. The molecule has 2 aromatic heterocycles. The summed E-state index contributed by atoms with van der Waals surface area (Å²) >= 11 is 0. The monoisotopic (exact) mass is 201 g/mol. The molecule has 2 rings (SSSR count). The molecule has 0 atom stereocenters. The summed E-state index contributed by atoms with van der Waals surface area (Å²) in [5, 5.41) is 0. The maximum absolute atomic E-state index is 5.56. The first-order chi connectivity index (χ1) is 7.31. The third-order valence-corrected chi connectivity index (χ3v) is 2.35. The van der Waals surface area contributed by atoms with Gasteiger partial charge in [0, 0.05) is 24.0 Å². The molecule has 0 aliphatic rings. The molecule has 0 aliphatic carbocycles. The number of pyridine rings is 1. The molecule has 0 spiro atoms. The van der Waals surface area contributed by atoms with E-state index >= 15 is 0 Å². The molecule has 0 aliphatic heterocycles. The Morgan fingerprint density at radius 3 is 2.87 bits per heavy atom. The second-order valence-electron chi connectivity index (χ2n) is 3.55. The molecular formula is C12H15N3. The van der Waals surface area contributed by atoms with Gasteiger partial charge in [-0.2, -0.15) is 0 Å². The molecule has 15 heavy (non-hydrogen) atoms. The molecular weight excluding hydrogens is 186 g/mol. The number of hydrogen-bond donors (Lipinski definition) is 1. The second kappa shape index (κ2) is 4.28. The van der Waals surface area contributed by atoms with Crippen LogP contribution in [0.5, 0.6) is 0 Å². The number of nitrogens with zero attached hydrogens (tertiary/aromatic N) is 2. The first-order valence-electron chi connectivity index (χ1n) is 5.11.